The molecule has 1 unspecified atom stereocenters. The van der Waals surface area contributed by atoms with Gasteiger partial charge in [-0.25, -0.2) is 24.2 Å². The van der Waals surface area contributed by atoms with Crippen molar-refractivity contribution < 1.29 is 103 Å². The Bertz CT molecular complexity index is 1970. The van der Waals surface area contributed by atoms with Gasteiger partial charge in [-0.15, -0.1) is 0 Å². The summed E-state index contributed by atoms with van der Waals surface area (Å²) in [7, 11) is 2.55. The number of nitrogens with zero attached hydrogens (tertiary/aromatic N) is 2. The first-order valence-electron chi connectivity index (χ1n) is 23.3. The zero-order valence-electron chi connectivity index (χ0n) is 42.4. The Hall–Kier alpha value is -4.52. The predicted octanol–water partition coefficient (Wildman–Crippen LogP) is 4.12. The summed E-state index contributed by atoms with van der Waals surface area (Å²) in [6, 6.07) is 16.9. The molecule has 0 aromatic heterocycles. The maximum atomic E-state index is 13.3. The van der Waals surface area contributed by atoms with Crippen molar-refractivity contribution in [3.05, 3.63) is 65.7 Å². The molecule has 0 spiro atoms. The van der Waals surface area contributed by atoms with Gasteiger partial charge in [0.25, 0.3) is 5.54 Å². The molecule has 0 radical (unpaired) electrons. The Morgan fingerprint density at radius 3 is 1.93 bits per heavy atom. The average molecular weight is 1080 g/mol. The van der Waals surface area contributed by atoms with Crippen LogP contribution in [0.25, 0.3) is 0 Å². The average Bonchev–Trinajstić information content (AvgIpc) is 4.12. The molecule has 4 saturated heterocycles. The number of esters is 4. The normalized spacial score (nSPS) is 24.8. The van der Waals surface area contributed by atoms with Crippen LogP contribution in [0.1, 0.15) is 99.1 Å². The van der Waals surface area contributed by atoms with E-state index >= 15 is 0 Å². The molecule has 4 fully saturated rings. The van der Waals surface area contributed by atoms with E-state index in [9.17, 15) is 29.1 Å². The van der Waals surface area contributed by atoms with Gasteiger partial charge in [-0.3, -0.25) is 4.79 Å². The Morgan fingerprint density at radius 2 is 1.41 bits per heavy atom. The van der Waals surface area contributed by atoms with Crippen LogP contribution in [-0.4, -0.2) is 144 Å². The van der Waals surface area contributed by atoms with Crippen molar-refractivity contribution in [1.82, 2.24) is 4.90 Å². The summed E-state index contributed by atoms with van der Waals surface area (Å²) in [5.74, 6) is -4.32. The van der Waals surface area contributed by atoms with Crippen LogP contribution in [0.5, 0.6) is 5.75 Å². The molecule has 7 rings (SSSR count). The smallest absolute Gasteiger partial charge is 0.346 e. The van der Waals surface area contributed by atoms with Gasteiger partial charge in [-0.2, -0.15) is 0 Å². The van der Waals surface area contributed by atoms with E-state index in [0.29, 0.717) is 37.9 Å². The second-order valence-corrected chi connectivity index (χ2v) is 18.1. The summed E-state index contributed by atoms with van der Waals surface area (Å²) in [6.45, 7) is 18.1. The SMILES string of the molecule is CC.CCOC1=N[C@]2(C(=O)OC(C)(C)C)C(=O)OC[C@@H]2[C@H]1CCOCc1ccccc1.CO.COc1ccc(CN2C(=O)[C@H](CCO)[C@H]3COC(=O)[C@]32C(=O)OC(C)(C)C)cc1.O.OC1CCCO1.[Pd]. The molecule has 0 aliphatic carbocycles. The van der Waals surface area contributed by atoms with Gasteiger partial charge in [-0.1, -0.05) is 56.3 Å². The minimum atomic E-state index is -1.84. The van der Waals surface area contributed by atoms with Crippen LogP contribution in [0.15, 0.2) is 59.6 Å². The third-order valence-corrected chi connectivity index (χ3v) is 11.3. The summed E-state index contributed by atoms with van der Waals surface area (Å²) in [5.41, 5.74) is -3.29. The second-order valence-electron chi connectivity index (χ2n) is 18.1. The van der Waals surface area contributed by atoms with Crippen molar-refractivity contribution in [3.63, 3.8) is 0 Å². The van der Waals surface area contributed by atoms with Gasteiger partial charge in [0, 0.05) is 72.2 Å². The number of benzene rings is 2. The van der Waals surface area contributed by atoms with Crippen LogP contribution >= 0.6 is 0 Å². The molecule has 2 aromatic rings. The number of carbonyl (C=O) groups is 5. The standard InChI is InChI=1S/C22H29NO6.C21H27NO7.C4H8O2.C2H6.CH4O.H2O.Pd/c1-5-27-18-16(11-12-26-13-15-9-7-6-8-10-15)17-14-28-19(24)22(17,23-18)20(25)29-21(2,3)4;1-20(2,3)29-19(26)21-16(12-28-18(21)25)15(9-10-23)17(24)22(21)11-13-5-7-14(27-4)8-6-13;5-4-2-1-3-6-4;2*1-2;;/h6-10,16-17H,5,11-14H2,1-4H3;5-8,15-16,23H,9-12H2,1-4H3;4-5H,1-3H2;1-2H3;2H,1H3;1H2;/t16-,17-,22+;15-,16-,21+;;;;;/m11...../s1. The third kappa shape index (κ3) is 15.5. The van der Waals surface area contributed by atoms with E-state index in [1.54, 1.807) is 72.9 Å². The molecule has 0 bridgehead atoms. The summed E-state index contributed by atoms with van der Waals surface area (Å²) < 4.78 is 42.9. The number of aliphatic hydroxyl groups excluding tert-OH is 3. The van der Waals surface area contributed by atoms with Crippen molar-refractivity contribution in [1.29, 1.82) is 0 Å². The van der Waals surface area contributed by atoms with Crippen LogP contribution in [-0.2, 0) is 90.7 Å². The van der Waals surface area contributed by atoms with Crippen LogP contribution in [0.2, 0.25) is 0 Å². The van der Waals surface area contributed by atoms with E-state index in [4.69, 9.17) is 48.1 Å². The van der Waals surface area contributed by atoms with E-state index < -0.39 is 70.2 Å². The van der Waals surface area contributed by atoms with Gasteiger partial charge in [0.05, 0.1) is 45.4 Å². The summed E-state index contributed by atoms with van der Waals surface area (Å²) in [4.78, 5) is 70.7. The molecular weight excluding hydrogens is 1010 g/mol. The number of aliphatic hydroxyl groups is 3. The van der Waals surface area contributed by atoms with Gasteiger partial charge >= 0.3 is 23.9 Å². The molecule has 1 amide bonds. The van der Waals surface area contributed by atoms with Gasteiger partial charge in [0.15, 0.2) is 12.2 Å². The number of amides is 1. The number of likely N-dealkylation sites (tertiary alicyclic amines) is 1. The van der Waals surface area contributed by atoms with Gasteiger partial charge in [-0.05, 0) is 91.0 Å². The molecule has 5 aliphatic heterocycles. The number of rotatable bonds is 13. The van der Waals surface area contributed by atoms with Crippen LogP contribution < -0.4 is 4.74 Å². The fourth-order valence-electron chi connectivity index (χ4n) is 8.39. The maximum Gasteiger partial charge on any atom is 0.346 e. The first-order chi connectivity index (χ1) is 32.3. The molecule has 2 aromatic carbocycles. The van der Waals surface area contributed by atoms with E-state index in [1.807, 2.05) is 51.1 Å². The Balaban J connectivity index is 0.000000572. The molecule has 0 saturated carbocycles. The number of hydrogen-bond donors (Lipinski definition) is 3. The zero-order valence-corrected chi connectivity index (χ0v) is 44.0. The van der Waals surface area contributed by atoms with E-state index in [-0.39, 0.29) is 70.5 Å². The largest absolute Gasteiger partial charge is 0.497 e. The van der Waals surface area contributed by atoms with Gasteiger partial charge < -0.3 is 63.6 Å². The van der Waals surface area contributed by atoms with Crippen molar-refractivity contribution in [2.45, 2.75) is 130 Å². The minimum absolute atomic E-state index is 0. The summed E-state index contributed by atoms with van der Waals surface area (Å²) in [5, 5.41) is 25.0. The van der Waals surface area contributed by atoms with E-state index in [2.05, 4.69) is 4.99 Å². The molecule has 398 valence electrons. The monoisotopic (exact) mass is 1080 g/mol. The quantitative estimate of drug-likeness (QED) is 0.0837. The zero-order chi connectivity index (χ0) is 50.9. The van der Waals surface area contributed by atoms with Gasteiger partial charge in [0.1, 0.15) is 17.0 Å². The Morgan fingerprint density at radius 1 is 0.829 bits per heavy atom. The summed E-state index contributed by atoms with van der Waals surface area (Å²) >= 11 is 0. The Kier molecular flexibility index (Phi) is 26.4. The molecule has 5 N–H and O–H groups in total. The number of hydrogen-bond acceptors (Lipinski definition) is 17. The minimum Gasteiger partial charge on any atom is -0.497 e. The topological polar surface area (TPSA) is 267 Å². The summed E-state index contributed by atoms with van der Waals surface area (Å²) in [6.07, 6.45) is 2.09. The number of fused-ring (bicyclic) bond motifs is 2. The first kappa shape index (κ1) is 63.5. The fraction of sp³-hybridized carbons (Fsp3) is 0.640. The van der Waals surface area contributed by atoms with Crippen LogP contribution in [0.3, 0.4) is 0 Å². The molecule has 70 heavy (non-hydrogen) atoms. The maximum absolute atomic E-state index is 13.3. The van der Waals surface area contributed by atoms with Crippen LogP contribution in [0, 0.1) is 23.7 Å². The molecule has 20 heteroatoms. The second kappa shape index (κ2) is 29.1. The van der Waals surface area contributed by atoms with Crippen molar-refractivity contribution >= 4 is 35.7 Å². The number of aliphatic imine (C=N–C) groups is 1. The Labute approximate surface area is 425 Å². The van der Waals surface area contributed by atoms with E-state index in [1.165, 1.54) is 4.90 Å². The fourth-order valence-corrected chi connectivity index (χ4v) is 8.39. The molecule has 5 aliphatic rings. The van der Waals surface area contributed by atoms with Crippen LogP contribution in [0.4, 0.5) is 0 Å². The molecule has 19 nitrogen and oxygen atoms in total. The number of methoxy groups -OCH3 is 1. The molecular formula is C50H76N2O17Pd. The number of carbonyl (C=O) groups excluding carboxylic acids is 5. The third-order valence-electron chi connectivity index (χ3n) is 11.3. The van der Waals surface area contributed by atoms with Crippen molar-refractivity contribution in [2.24, 2.45) is 28.7 Å². The van der Waals surface area contributed by atoms with E-state index in [0.717, 1.165) is 37.7 Å². The van der Waals surface area contributed by atoms with Crippen molar-refractivity contribution in [2.75, 3.05) is 53.9 Å². The number of ether oxygens (including phenoxy) is 8. The van der Waals surface area contributed by atoms with Gasteiger partial charge in [0.2, 0.25) is 11.4 Å². The number of cyclic esters (lactones) is 2. The molecule has 5 heterocycles. The first-order valence-corrected chi connectivity index (χ1v) is 23.3. The predicted molar refractivity (Wildman–Crippen MR) is 252 cm³/mol. The molecule has 7 atom stereocenters. The van der Waals surface area contributed by atoms with Crippen molar-refractivity contribution in [3.8, 4) is 5.75 Å².